The highest BCUT2D eigenvalue weighted by atomic mass is 32.2. The molecule has 0 fully saturated rings. The summed E-state index contributed by atoms with van der Waals surface area (Å²) < 4.78 is 27.4. The van der Waals surface area contributed by atoms with Crippen LogP contribution in [0.25, 0.3) is 0 Å². The Labute approximate surface area is 142 Å². The van der Waals surface area contributed by atoms with Gasteiger partial charge in [0.1, 0.15) is 5.69 Å². The van der Waals surface area contributed by atoms with Crippen molar-refractivity contribution in [1.29, 1.82) is 0 Å². The Morgan fingerprint density at radius 2 is 1.88 bits per heavy atom. The van der Waals surface area contributed by atoms with Crippen LogP contribution in [0, 0.1) is 0 Å². The number of carbonyl (C=O) groups is 1. The van der Waals surface area contributed by atoms with Gasteiger partial charge in [-0.3, -0.25) is 4.79 Å². The first-order chi connectivity index (χ1) is 11.3. The number of rotatable bonds is 7. The topological polar surface area (TPSA) is 80.2 Å². The molecule has 0 bridgehead atoms. The molecule has 0 radical (unpaired) electrons. The number of nitrogens with one attached hydrogen (secondary N) is 2. The average molecular weight is 349 g/mol. The zero-order valence-corrected chi connectivity index (χ0v) is 14.9. The lowest BCUT2D eigenvalue weighted by atomic mass is 10.1. The van der Waals surface area contributed by atoms with Crippen molar-refractivity contribution < 1.29 is 13.2 Å². The summed E-state index contributed by atoms with van der Waals surface area (Å²) in [5.41, 5.74) is 2.15. The molecule has 0 spiro atoms. The van der Waals surface area contributed by atoms with Crippen LogP contribution in [0.5, 0.6) is 0 Å². The molecule has 1 heterocycles. The standard InChI is InChI=1S/C17H23N3O3S/c1-13(2)20-9-5-8-16(20)17(21)19-11-14-6-4-7-15(10-14)12-24(22,23)18-3/h4-10,13,18H,11-12H2,1-3H3,(H,19,21). The van der Waals surface area contributed by atoms with Gasteiger partial charge in [-0.05, 0) is 44.2 Å². The molecule has 0 atom stereocenters. The summed E-state index contributed by atoms with van der Waals surface area (Å²) in [5.74, 6) is -0.233. The van der Waals surface area contributed by atoms with Gasteiger partial charge in [0.25, 0.3) is 5.91 Å². The summed E-state index contributed by atoms with van der Waals surface area (Å²) in [6.45, 7) is 4.38. The van der Waals surface area contributed by atoms with Crippen molar-refractivity contribution in [1.82, 2.24) is 14.6 Å². The van der Waals surface area contributed by atoms with Gasteiger partial charge >= 0.3 is 0 Å². The van der Waals surface area contributed by atoms with Crippen LogP contribution in [-0.2, 0) is 22.3 Å². The van der Waals surface area contributed by atoms with Gasteiger partial charge < -0.3 is 9.88 Å². The van der Waals surface area contributed by atoms with E-state index < -0.39 is 10.0 Å². The van der Waals surface area contributed by atoms with E-state index in [1.807, 2.05) is 36.7 Å². The summed E-state index contributed by atoms with van der Waals surface area (Å²) in [6.07, 6.45) is 1.88. The summed E-state index contributed by atoms with van der Waals surface area (Å²) in [5, 5.41) is 2.88. The zero-order chi connectivity index (χ0) is 17.7. The van der Waals surface area contributed by atoms with Crippen LogP contribution in [0.15, 0.2) is 42.6 Å². The lowest BCUT2D eigenvalue weighted by Gasteiger charge is -2.13. The summed E-state index contributed by atoms with van der Waals surface area (Å²) in [7, 11) is -1.92. The maximum atomic E-state index is 12.3. The first kappa shape index (κ1) is 18.2. The van der Waals surface area contributed by atoms with Gasteiger partial charge in [0.05, 0.1) is 5.75 Å². The highest BCUT2D eigenvalue weighted by Gasteiger charge is 2.13. The Morgan fingerprint density at radius 1 is 1.17 bits per heavy atom. The second kappa shape index (κ2) is 7.63. The van der Waals surface area contributed by atoms with Crippen molar-refractivity contribution in [3.8, 4) is 0 Å². The van der Waals surface area contributed by atoms with Gasteiger partial charge in [0.15, 0.2) is 0 Å². The first-order valence-corrected chi connectivity index (χ1v) is 9.41. The van der Waals surface area contributed by atoms with E-state index in [0.29, 0.717) is 17.8 Å². The number of carbonyl (C=O) groups excluding carboxylic acids is 1. The number of sulfonamides is 1. The minimum Gasteiger partial charge on any atom is -0.347 e. The normalized spacial score (nSPS) is 11.7. The third kappa shape index (κ3) is 4.69. The second-order valence-corrected chi connectivity index (χ2v) is 7.79. The number of hydrogen-bond acceptors (Lipinski definition) is 3. The SMILES string of the molecule is CNS(=O)(=O)Cc1cccc(CNC(=O)c2cccn2C(C)C)c1. The lowest BCUT2D eigenvalue weighted by molar-refractivity contribution is 0.0940. The van der Waals surface area contributed by atoms with Crippen molar-refractivity contribution in [2.45, 2.75) is 32.2 Å². The van der Waals surface area contributed by atoms with E-state index in [1.165, 1.54) is 7.05 Å². The number of nitrogens with zero attached hydrogens (tertiary/aromatic N) is 1. The van der Waals surface area contributed by atoms with Gasteiger partial charge in [-0.1, -0.05) is 24.3 Å². The van der Waals surface area contributed by atoms with E-state index in [4.69, 9.17) is 0 Å². The Balaban J connectivity index is 2.04. The molecule has 2 aromatic rings. The van der Waals surface area contributed by atoms with Crippen molar-refractivity contribution in [3.05, 3.63) is 59.4 Å². The van der Waals surface area contributed by atoms with E-state index in [9.17, 15) is 13.2 Å². The van der Waals surface area contributed by atoms with Crippen LogP contribution in [-0.4, -0.2) is 25.9 Å². The van der Waals surface area contributed by atoms with Crippen LogP contribution >= 0.6 is 0 Å². The molecule has 0 aliphatic rings. The zero-order valence-electron chi connectivity index (χ0n) is 14.1. The minimum absolute atomic E-state index is 0.0819. The summed E-state index contributed by atoms with van der Waals surface area (Å²) in [6, 6.07) is 11.0. The van der Waals surface area contributed by atoms with Crippen molar-refractivity contribution in [3.63, 3.8) is 0 Å². The minimum atomic E-state index is -3.31. The maximum absolute atomic E-state index is 12.3. The Morgan fingerprint density at radius 3 is 2.54 bits per heavy atom. The second-order valence-electron chi connectivity index (χ2n) is 5.86. The third-order valence-corrected chi connectivity index (χ3v) is 5.02. The van der Waals surface area contributed by atoms with Gasteiger partial charge in [0.2, 0.25) is 10.0 Å². The monoisotopic (exact) mass is 349 g/mol. The lowest BCUT2D eigenvalue weighted by Crippen LogP contribution is -2.26. The van der Waals surface area contributed by atoms with E-state index >= 15 is 0 Å². The predicted octanol–water partition coefficient (Wildman–Crippen LogP) is 2.05. The molecule has 0 saturated carbocycles. The molecule has 6 nitrogen and oxygen atoms in total. The Bertz CT molecular complexity index is 810. The molecule has 0 aliphatic carbocycles. The number of aromatic nitrogens is 1. The van der Waals surface area contributed by atoms with Gasteiger partial charge in [-0.25, -0.2) is 13.1 Å². The summed E-state index contributed by atoms with van der Waals surface area (Å²) in [4.78, 5) is 12.3. The van der Waals surface area contributed by atoms with Crippen molar-refractivity contribution in [2.24, 2.45) is 0 Å². The molecule has 0 aliphatic heterocycles. The van der Waals surface area contributed by atoms with Crippen LogP contribution < -0.4 is 10.0 Å². The number of benzene rings is 1. The molecule has 0 saturated heterocycles. The number of amides is 1. The smallest absolute Gasteiger partial charge is 0.268 e. The fourth-order valence-corrected chi connectivity index (χ4v) is 3.19. The van der Waals surface area contributed by atoms with Crippen molar-refractivity contribution in [2.75, 3.05) is 7.05 Å². The molecule has 7 heteroatoms. The molecule has 1 amide bonds. The molecule has 130 valence electrons. The highest BCUT2D eigenvalue weighted by molar-refractivity contribution is 7.88. The van der Waals surface area contributed by atoms with Crippen LogP contribution in [0.3, 0.4) is 0 Å². The van der Waals surface area contributed by atoms with E-state index in [1.54, 1.807) is 24.3 Å². The van der Waals surface area contributed by atoms with Crippen LogP contribution in [0.4, 0.5) is 0 Å². The summed E-state index contributed by atoms with van der Waals surface area (Å²) >= 11 is 0. The maximum Gasteiger partial charge on any atom is 0.268 e. The van der Waals surface area contributed by atoms with E-state index in [0.717, 1.165) is 5.56 Å². The quantitative estimate of drug-likeness (QED) is 0.803. The molecular weight excluding hydrogens is 326 g/mol. The predicted molar refractivity (Wildman–Crippen MR) is 94.1 cm³/mol. The van der Waals surface area contributed by atoms with E-state index in [2.05, 4.69) is 10.0 Å². The molecule has 1 aromatic carbocycles. The molecular formula is C17H23N3O3S. The largest absolute Gasteiger partial charge is 0.347 e. The highest BCUT2D eigenvalue weighted by Crippen LogP contribution is 2.12. The first-order valence-electron chi connectivity index (χ1n) is 7.76. The fourth-order valence-electron chi connectivity index (χ4n) is 2.43. The molecule has 24 heavy (non-hydrogen) atoms. The van der Waals surface area contributed by atoms with Crippen LogP contribution in [0.1, 0.15) is 41.5 Å². The molecule has 1 aromatic heterocycles. The van der Waals surface area contributed by atoms with Gasteiger partial charge in [0, 0.05) is 18.8 Å². The average Bonchev–Trinajstić information content (AvgIpc) is 3.02. The molecule has 0 unspecified atom stereocenters. The van der Waals surface area contributed by atoms with Gasteiger partial charge in [-0.15, -0.1) is 0 Å². The van der Waals surface area contributed by atoms with Crippen LogP contribution in [0.2, 0.25) is 0 Å². The molecule has 2 rings (SSSR count). The fraction of sp³-hybridized carbons (Fsp3) is 0.353. The Hall–Kier alpha value is -2.12. The Kier molecular flexibility index (Phi) is 5.80. The number of hydrogen-bond donors (Lipinski definition) is 2. The van der Waals surface area contributed by atoms with Crippen molar-refractivity contribution >= 4 is 15.9 Å². The molecule has 2 N–H and O–H groups in total. The third-order valence-electron chi connectivity index (χ3n) is 3.68. The van der Waals surface area contributed by atoms with E-state index in [-0.39, 0.29) is 17.7 Å². The van der Waals surface area contributed by atoms with Gasteiger partial charge in [-0.2, -0.15) is 0 Å².